The fourth-order valence-electron chi connectivity index (χ4n) is 4.59. The molecule has 204 valence electrons. The smallest absolute Gasteiger partial charge is 0.328 e. The van der Waals surface area contributed by atoms with Gasteiger partial charge in [-0.2, -0.15) is 22.0 Å². The second-order valence-electron chi connectivity index (χ2n) is 9.38. The summed E-state index contributed by atoms with van der Waals surface area (Å²) < 4.78 is 5.58. The van der Waals surface area contributed by atoms with Crippen LogP contribution in [0.2, 0.25) is 0 Å². The molecular weight excluding hydrogens is 504 g/mol. The fraction of sp³-hybridized carbons (Fsp3) is 0.500. The van der Waals surface area contributed by atoms with Crippen molar-refractivity contribution in [3.05, 3.63) is 35.0 Å². The van der Waals surface area contributed by atoms with E-state index < -0.39 is 0 Å². The lowest BCUT2D eigenvalue weighted by Crippen LogP contribution is -2.48. The number of nitriles is 1. The molecule has 1 saturated heterocycles. The van der Waals surface area contributed by atoms with E-state index in [4.69, 9.17) is 9.72 Å². The van der Waals surface area contributed by atoms with Crippen LogP contribution in [0.15, 0.2) is 18.3 Å². The second-order valence-corrected chi connectivity index (χ2v) is 10.4. The van der Waals surface area contributed by atoms with E-state index in [1.165, 1.54) is 6.20 Å². The van der Waals surface area contributed by atoms with Crippen LogP contribution >= 0.6 is 11.8 Å². The number of hydrogen-bond acceptors (Lipinski definition) is 9. The third-order valence-electron chi connectivity index (χ3n) is 6.61. The fourth-order valence-corrected chi connectivity index (χ4v) is 5.02. The van der Waals surface area contributed by atoms with Crippen LogP contribution in [0.1, 0.15) is 31.0 Å². The first-order valence-electron chi connectivity index (χ1n) is 12.7. The van der Waals surface area contributed by atoms with Gasteiger partial charge in [0, 0.05) is 45.4 Å². The van der Waals surface area contributed by atoms with Crippen molar-refractivity contribution < 1.29 is 15.8 Å². The summed E-state index contributed by atoms with van der Waals surface area (Å²) in [6.07, 6.45) is 6.03. The molecule has 2 aliphatic rings. The molecule has 4 rings (SSSR count). The Morgan fingerprint density at radius 2 is 2.16 bits per heavy atom. The zero-order valence-electron chi connectivity index (χ0n) is 22.1. The van der Waals surface area contributed by atoms with Crippen molar-refractivity contribution in [2.75, 3.05) is 74.4 Å². The predicted molar refractivity (Wildman–Crippen MR) is 151 cm³/mol. The van der Waals surface area contributed by atoms with Crippen molar-refractivity contribution in [2.24, 2.45) is 0 Å². The number of likely N-dealkylation sites (N-methyl/N-ethyl adjacent to an activating group) is 1. The molecule has 0 unspecified atom stereocenters. The molecule has 2 aromatic heterocycles. The van der Waals surface area contributed by atoms with Crippen LogP contribution in [0.5, 0.6) is 5.88 Å². The number of amides is 3. The number of fused-ring (bicyclic) bond motifs is 1. The van der Waals surface area contributed by atoms with Crippen LogP contribution in [-0.2, 0) is 17.8 Å². The molecule has 0 saturated carbocycles. The highest BCUT2D eigenvalue weighted by molar-refractivity contribution is 7.98. The summed E-state index contributed by atoms with van der Waals surface area (Å²) in [4.78, 5) is 40.2. The van der Waals surface area contributed by atoms with E-state index in [-0.39, 0.29) is 13.4 Å². The van der Waals surface area contributed by atoms with E-state index in [1.807, 2.05) is 22.9 Å². The monoisotopic (exact) mass is 540 g/mol. The van der Waals surface area contributed by atoms with Gasteiger partial charge in [0.25, 0.3) is 0 Å². The summed E-state index contributed by atoms with van der Waals surface area (Å²) in [5, 5.41) is 15.6. The van der Waals surface area contributed by atoms with Gasteiger partial charge in [0.05, 0.1) is 31.5 Å². The summed E-state index contributed by atoms with van der Waals surface area (Å²) >= 11 is 1.77. The first-order chi connectivity index (χ1) is 18.4. The number of carbonyl (C=O) groups excluding carboxylic acids is 2. The van der Waals surface area contributed by atoms with Gasteiger partial charge in [-0.1, -0.05) is 0 Å². The number of ether oxygens (including phenoxy) is 1. The number of rotatable bonds is 9. The average Bonchev–Trinajstić information content (AvgIpc) is 2.92. The maximum Gasteiger partial charge on any atom is 0.328 e. The van der Waals surface area contributed by atoms with Crippen molar-refractivity contribution in [1.82, 2.24) is 19.8 Å². The number of nitrogens with one attached hydrogen (secondary N) is 2. The molecular formula is C26H36N8O3S. The van der Waals surface area contributed by atoms with Crippen LogP contribution in [-0.4, -0.2) is 90.6 Å². The Hall–Kier alpha value is -3.56. The molecule has 0 atom stereocenters. The number of aryl methyl sites for hydroxylation is 1. The van der Waals surface area contributed by atoms with Gasteiger partial charge in [0.2, 0.25) is 11.8 Å². The molecule has 3 amide bonds. The van der Waals surface area contributed by atoms with Crippen LogP contribution in [0, 0.1) is 11.3 Å². The third kappa shape index (κ3) is 6.46. The molecule has 4 heterocycles. The van der Waals surface area contributed by atoms with E-state index in [9.17, 15) is 14.9 Å². The zero-order valence-corrected chi connectivity index (χ0v) is 22.9. The van der Waals surface area contributed by atoms with E-state index in [2.05, 4.69) is 27.9 Å². The molecule has 0 radical (unpaired) electrons. The summed E-state index contributed by atoms with van der Waals surface area (Å²) in [5.74, 6) is 2.40. The topological polar surface area (TPSA) is 127 Å². The standard InChI is InChI=1S/C26H34N8O3S.H2/c1-32-9-10-33(23(35)17-32)16-19-12-18-6-4-8-34(24(18)31-25(19)37-2)26(36)30-22-13-21(20(14-27)15-29-22)28-7-5-11-38-3;/h12-13,15H,4-11,16-17H2,1-3H3,(H2,28,29,30,36);1H. The molecule has 2 N–H and O–H groups in total. The maximum atomic E-state index is 13.3. The Balaban J connectivity index is 0.00000420. The number of anilines is 3. The summed E-state index contributed by atoms with van der Waals surface area (Å²) in [6.45, 7) is 3.51. The highest BCUT2D eigenvalue weighted by Crippen LogP contribution is 2.32. The predicted octanol–water partition coefficient (Wildman–Crippen LogP) is 3.03. The molecule has 1 fully saturated rings. The van der Waals surface area contributed by atoms with E-state index in [0.29, 0.717) is 54.9 Å². The lowest BCUT2D eigenvalue weighted by molar-refractivity contribution is -0.136. The Kier molecular flexibility index (Phi) is 9.25. The molecule has 0 spiro atoms. The van der Waals surface area contributed by atoms with E-state index in [1.54, 1.807) is 29.8 Å². The normalized spacial score (nSPS) is 15.6. The molecule has 0 aliphatic carbocycles. The lowest BCUT2D eigenvalue weighted by atomic mass is 10.0. The Morgan fingerprint density at radius 1 is 1.32 bits per heavy atom. The highest BCUT2D eigenvalue weighted by atomic mass is 32.2. The van der Waals surface area contributed by atoms with Crippen LogP contribution in [0.4, 0.5) is 22.1 Å². The molecule has 2 aliphatic heterocycles. The van der Waals surface area contributed by atoms with Crippen LogP contribution in [0.25, 0.3) is 0 Å². The Bertz CT molecular complexity index is 1220. The Morgan fingerprint density at radius 3 is 2.89 bits per heavy atom. The minimum Gasteiger partial charge on any atom is -0.481 e. The summed E-state index contributed by atoms with van der Waals surface area (Å²) in [6, 6.07) is 5.48. The van der Waals surface area contributed by atoms with Gasteiger partial charge in [0.1, 0.15) is 17.7 Å². The van der Waals surface area contributed by atoms with Crippen molar-refractivity contribution >= 4 is 41.0 Å². The van der Waals surface area contributed by atoms with E-state index in [0.717, 1.165) is 49.2 Å². The number of carbonyl (C=O) groups is 2. The van der Waals surface area contributed by atoms with Crippen molar-refractivity contribution in [3.63, 3.8) is 0 Å². The molecule has 0 bridgehead atoms. The van der Waals surface area contributed by atoms with Gasteiger partial charge >= 0.3 is 6.03 Å². The van der Waals surface area contributed by atoms with Gasteiger partial charge < -0.3 is 15.0 Å². The van der Waals surface area contributed by atoms with E-state index >= 15 is 0 Å². The quantitative estimate of drug-likeness (QED) is 0.462. The Labute approximate surface area is 229 Å². The molecule has 11 nitrogen and oxygen atoms in total. The van der Waals surface area contributed by atoms with Crippen LogP contribution < -0.4 is 20.3 Å². The first-order valence-corrected chi connectivity index (χ1v) is 14.1. The largest absolute Gasteiger partial charge is 0.481 e. The summed E-state index contributed by atoms with van der Waals surface area (Å²) in [5.41, 5.74) is 2.83. The van der Waals surface area contributed by atoms with Gasteiger partial charge in [-0.3, -0.25) is 19.9 Å². The van der Waals surface area contributed by atoms with Crippen molar-refractivity contribution in [3.8, 4) is 11.9 Å². The van der Waals surface area contributed by atoms with Gasteiger partial charge in [0.15, 0.2) is 0 Å². The summed E-state index contributed by atoms with van der Waals surface area (Å²) in [7, 11) is 3.49. The number of hydrogen-bond donors (Lipinski definition) is 2. The first kappa shape index (κ1) is 27.5. The maximum absolute atomic E-state index is 13.3. The number of piperazine rings is 1. The minimum absolute atomic E-state index is 0. The van der Waals surface area contributed by atoms with Crippen molar-refractivity contribution in [1.29, 1.82) is 5.26 Å². The average molecular weight is 541 g/mol. The number of pyridine rings is 2. The molecule has 0 aromatic carbocycles. The third-order valence-corrected chi connectivity index (χ3v) is 7.31. The molecule has 2 aromatic rings. The number of nitrogens with zero attached hydrogens (tertiary/aromatic N) is 6. The lowest BCUT2D eigenvalue weighted by Gasteiger charge is -2.33. The van der Waals surface area contributed by atoms with Gasteiger partial charge in [-0.05, 0) is 49.9 Å². The SMILES string of the molecule is COc1nc2c(cc1CN1CCN(C)CC1=O)CCCN2C(=O)Nc1cc(NCCCSC)c(C#N)cn1.[HH]. The number of urea groups is 1. The van der Waals surface area contributed by atoms with Crippen molar-refractivity contribution in [2.45, 2.75) is 25.8 Å². The number of methoxy groups -OCH3 is 1. The minimum atomic E-state index is -0.354. The number of thioether (sulfide) groups is 1. The molecule has 12 heteroatoms. The van der Waals surface area contributed by atoms with Crippen LogP contribution in [0.3, 0.4) is 0 Å². The highest BCUT2D eigenvalue weighted by Gasteiger charge is 2.28. The van der Waals surface area contributed by atoms with Gasteiger partial charge in [-0.25, -0.2) is 9.78 Å². The zero-order chi connectivity index (χ0) is 27.1. The van der Waals surface area contributed by atoms with Gasteiger partial charge in [-0.15, -0.1) is 0 Å². The molecule has 38 heavy (non-hydrogen) atoms. The second kappa shape index (κ2) is 12.8. The number of aromatic nitrogens is 2.